The van der Waals surface area contributed by atoms with E-state index >= 15 is 0 Å². The Hall–Kier alpha value is -1.44. The molecule has 2 fully saturated rings. The highest BCUT2D eigenvalue weighted by atomic mass is 16.1. The summed E-state index contributed by atoms with van der Waals surface area (Å²) in [5.41, 5.74) is 2.55. The molecule has 4 aliphatic rings. The Morgan fingerprint density at radius 1 is 1.27 bits per heavy atom. The van der Waals surface area contributed by atoms with Gasteiger partial charge < -0.3 is 0 Å². The van der Waals surface area contributed by atoms with E-state index in [4.69, 9.17) is 0 Å². The monoisotopic (exact) mass is 352 g/mol. The van der Waals surface area contributed by atoms with Crippen LogP contribution in [0.5, 0.6) is 0 Å². The van der Waals surface area contributed by atoms with Gasteiger partial charge in [-0.3, -0.25) is 9.59 Å². The second-order valence-electron chi connectivity index (χ2n) is 9.76. The Labute approximate surface area is 157 Å². The van der Waals surface area contributed by atoms with Crippen LogP contribution in [0.3, 0.4) is 0 Å². The first-order chi connectivity index (χ1) is 12.2. The summed E-state index contributed by atoms with van der Waals surface area (Å²) in [6, 6.07) is 0. The molecule has 0 amide bonds. The fraction of sp³-hybridized carbons (Fsp3) is 0.667. The first-order valence-electron chi connectivity index (χ1n) is 10.4. The van der Waals surface area contributed by atoms with E-state index in [0.717, 1.165) is 25.7 Å². The molecule has 4 rings (SSSR count). The second kappa shape index (κ2) is 5.53. The lowest BCUT2D eigenvalue weighted by Gasteiger charge is -2.54. The summed E-state index contributed by atoms with van der Waals surface area (Å²) in [6.45, 7) is 11.2. The first-order valence-corrected chi connectivity index (χ1v) is 10.4. The largest absolute Gasteiger partial charge is 0.299 e. The van der Waals surface area contributed by atoms with Gasteiger partial charge in [0.05, 0.1) is 0 Å². The Bertz CT molecular complexity index is 769. The zero-order valence-corrected chi connectivity index (χ0v) is 16.9. The van der Waals surface area contributed by atoms with Crippen molar-refractivity contribution in [3.8, 4) is 0 Å². The molecule has 0 aromatic heterocycles. The van der Waals surface area contributed by atoms with E-state index in [1.54, 1.807) is 6.08 Å². The maximum Gasteiger partial charge on any atom is 0.178 e. The third-order valence-corrected chi connectivity index (χ3v) is 9.02. The Balaban J connectivity index is 1.79. The third kappa shape index (κ3) is 1.99. The van der Waals surface area contributed by atoms with E-state index < -0.39 is 0 Å². The van der Waals surface area contributed by atoms with Crippen molar-refractivity contribution in [3.63, 3.8) is 0 Å². The van der Waals surface area contributed by atoms with Crippen molar-refractivity contribution < 1.29 is 9.59 Å². The Kier molecular flexibility index (Phi) is 3.82. The summed E-state index contributed by atoms with van der Waals surface area (Å²) in [5, 5.41) is 0. The number of hydrogen-bond acceptors (Lipinski definition) is 2. The minimum atomic E-state index is -0.218. The molecule has 2 unspecified atom stereocenters. The number of carbonyl (C=O) groups excluding carboxylic acids is 2. The lowest BCUT2D eigenvalue weighted by atomic mass is 9.49. The molecule has 2 saturated carbocycles. The number of allylic oxidation sites excluding steroid dienone is 6. The highest BCUT2D eigenvalue weighted by molar-refractivity contribution is 6.01. The van der Waals surface area contributed by atoms with E-state index in [9.17, 15) is 9.59 Å². The summed E-state index contributed by atoms with van der Waals surface area (Å²) in [5.74, 6) is 2.13. The smallest absolute Gasteiger partial charge is 0.178 e. The molecule has 0 saturated heterocycles. The summed E-state index contributed by atoms with van der Waals surface area (Å²) in [7, 11) is 0. The number of rotatable bonds is 2. The minimum Gasteiger partial charge on any atom is -0.299 e. The van der Waals surface area contributed by atoms with Crippen LogP contribution in [0.25, 0.3) is 0 Å². The van der Waals surface area contributed by atoms with Crippen LogP contribution in [-0.4, -0.2) is 11.6 Å². The normalized spacial score (nSPS) is 46.8. The fourth-order valence-electron chi connectivity index (χ4n) is 7.05. The van der Waals surface area contributed by atoms with Gasteiger partial charge in [0, 0.05) is 17.3 Å². The van der Waals surface area contributed by atoms with Crippen LogP contribution < -0.4 is 0 Å². The number of carbonyl (C=O) groups is 2. The molecule has 0 heterocycles. The van der Waals surface area contributed by atoms with Crippen molar-refractivity contribution in [2.24, 2.45) is 34.0 Å². The maximum atomic E-state index is 13.0. The highest BCUT2D eigenvalue weighted by Crippen LogP contribution is 2.69. The molecular formula is C24H32O2. The molecule has 0 aliphatic heterocycles. The van der Waals surface area contributed by atoms with Gasteiger partial charge in [-0.15, -0.1) is 0 Å². The van der Waals surface area contributed by atoms with Gasteiger partial charge in [-0.2, -0.15) is 0 Å². The van der Waals surface area contributed by atoms with Crippen LogP contribution in [0, 0.1) is 34.0 Å². The van der Waals surface area contributed by atoms with Crippen molar-refractivity contribution in [1.29, 1.82) is 0 Å². The Morgan fingerprint density at radius 3 is 2.69 bits per heavy atom. The average Bonchev–Trinajstić information content (AvgIpc) is 2.83. The molecule has 26 heavy (non-hydrogen) atoms. The molecule has 0 N–H and O–H groups in total. The standard InChI is InChI=1S/C24H32O2/c1-6-21(26)24(5)15(2)13-20-18-8-7-16-14-17(25)9-11-22(16,3)19(18)10-12-23(20,24)4/h9-11,14-15,18,20H,6-8,12-13H2,1-5H3/t15-,18?,20?,22-,23-,24+/m0/s1. The number of hydrogen-bond donors (Lipinski definition) is 0. The minimum absolute atomic E-state index is 0.0550. The molecule has 0 bridgehead atoms. The first kappa shape index (κ1) is 17.9. The number of Topliss-reactive ketones (excluding diaryl/α,β-unsaturated/α-hetero) is 1. The van der Waals surface area contributed by atoms with Gasteiger partial charge in [0.25, 0.3) is 0 Å². The van der Waals surface area contributed by atoms with Crippen LogP contribution in [-0.2, 0) is 9.59 Å². The molecule has 4 aliphatic carbocycles. The predicted molar refractivity (Wildman–Crippen MR) is 105 cm³/mol. The van der Waals surface area contributed by atoms with Crippen LogP contribution in [0.15, 0.2) is 35.5 Å². The lowest BCUT2D eigenvalue weighted by molar-refractivity contribution is -0.137. The quantitative estimate of drug-likeness (QED) is 0.620. The van der Waals surface area contributed by atoms with Crippen molar-refractivity contribution >= 4 is 11.6 Å². The second-order valence-corrected chi connectivity index (χ2v) is 9.76. The van der Waals surface area contributed by atoms with Crippen molar-refractivity contribution in [3.05, 3.63) is 35.5 Å². The average molecular weight is 353 g/mol. The van der Waals surface area contributed by atoms with Crippen LogP contribution in [0.1, 0.15) is 66.7 Å². The zero-order valence-electron chi connectivity index (χ0n) is 16.9. The van der Waals surface area contributed by atoms with E-state index in [1.807, 2.05) is 13.0 Å². The third-order valence-electron chi connectivity index (χ3n) is 9.02. The van der Waals surface area contributed by atoms with Crippen LogP contribution >= 0.6 is 0 Å². The summed E-state index contributed by atoms with van der Waals surface area (Å²) in [4.78, 5) is 24.9. The SMILES string of the molecule is CCC(=O)[C@@]1(C)[C@@H](C)CC2C3CCC4=CC(=O)C=C[C@]4(C)C3=CC[C@@]21C. The number of fused-ring (bicyclic) bond motifs is 5. The van der Waals surface area contributed by atoms with E-state index in [-0.39, 0.29) is 22.0 Å². The molecule has 0 aromatic carbocycles. The molecule has 2 nitrogen and oxygen atoms in total. The maximum absolute atomic E-state index is 13.0. The molecular weight excluding hydrogens is 320 g/mol. The van der Waals surface area contributed by atoms with Crippen molar-refractivity contribution in [2.75, 3.05) is 0 Å². The van der Waals surface area contributed by atoms with E-state index in [1.165, 1.54) is 11.1 Å². The molecule has 140 valence electrons. The van der Waals surface area contributed by atoms with Gasteiger partial charge in [0.1, 0.15) is 5.78 Å². The Morgan fingerprint density at radius 2 is 2.00 bits per heavy atom. The van der Waals surface area contributed by atoms with E-state index in [0.29, 0.717) is 30.0 Å². The van der Waals surface area contributed by atoms with Crippen molar-refractivity contribution in [1.82, 2.24) is 0 Å². The summed E-state index contributed by atoms with van der Waals surface area (Å²) in [6.07, 6.45) is 13.1. The highest BCUT2D eigenvalue weighted by Gasteiger charge is 2.64. The fourth-order valence-corrected chi connectivity index (χ4v) is 7.05. The lowest BCUT2D eigenvalue weighted by Crippen LogP contribution is -2.49. The van der Waals surface area contributed by atoms with Crippen LogP contribution in [0.2, 0.25) is 0 Å². The van der Waals surface area contributed by atoms with Crippen molar-refractivity contribution in [2.45, 2.75) is 66.7 Å². The zero-order chi connectivity index (χ0) is 18.9. The van der Waals surface area contributed by atoms with Gasteiger partial charge in [0.15, 0.2) is 5.78 Å². The van der Waals surface area contributed by atoms with Gasteiger partial charge in [-0.25, -0.2) is 0 Å². The predicted octanol–water partition coefficient (Wildman–Crippen LogP) is 5.45. The molecule has 0 aromatic rings. The van der Waals surface area contributed by atoms with Gasteiger partial charge >= 0.3 is 0 Å². The van der Waals surface area contributed by atoms with Crippen LogP contribution in [0.4, 0.5) is 0 Å². The molecule has 6 atom stereocenters. The van der Waals surface area contributed by atoms with E-state index in [2.05, 4.69) is 39.8 Å². The number of ketones is 2. The van der Waals surface area contributed by atoms with Gasteiger partial charge in [-0.05, 0) is 67.9 Å². The molecule has 0 spiro atoms. The topological polar surface area (TPSA) is 34.1 Å². The summed E-state index contributed by atoms with van der Waals surface area (Å²) < 4.78 is 0. The molecule has 0 radical (unpaired) electrons. The van der Waals surface area contributed by atoms with Gasteiger partial charge in [0.2, 0.25) is 0 Å². The summed E-state index contributed by atoms with van der Waals surface area (Å²) >= 11 is 0. The van der Waals surface area contributed by atoms with Gasteiger partial charge in [-0.1, -0.05) is 51.0 Å². The molecule has 2 heteroatoms.